The fraction of sp³-hybridized carbons (Fsp3) is 0.292. The second-order valence-electron chi connectivity index (χ2n) is 7.73. The molecule has 0 bridgehead atoms. The molecule has 2 aromatic carbocycles. The molecule has 0 saturated carbocycles. The van der Waals surface area contributed by atoms with Crippen LogP contribution in [0.2, 0.25) is 5.02 Å². The molecule has 0 radical (unpaired) electrons. The molecule has 8 nitrogen and oxygen atoms in total. The SMILES string of the molecule is CN(C(=O)NCc1ccc(F)cc1Cl)[C@@H](CCCN)COC(=O)Nc1cc2ccccc2cn1. The van der Waals surface area contributed by atoms with E-state index in [1.165, 1.54) is 23.1 Å². The smallest absolute Gasteiger partial charge is 0.412 e. The number of carbonyl (C=O) groups excluding carboxylic acids is 2. The summed E-state index contributed by atoms with van der Waals surface area (Å²) in [5, 5.41) is 7.47. The number of fused-ring (bicyclic) bond motifs is 1. The Balaban J connectivity index is 1.55. The molecule has 0 unspecified atom stereocenters. The van der Waals surface area contributed by atoms with Crippen LogP contribution in [-0.2, 0) is 11.3 Å². The topological polar surface area (TPSA) is 110 Å². The van der Waals surface area contributed by atoms with Crippen LogP contribution in [-0.4, -0.2) is 48.2 Å². The number of nitrogens with two attached hydrogens (primary N) is 1. The first-order valence-corrected chi connectivity index (χ1v) is 11.2. The lowest BCUT2D eigenvalue weighted by Gasteiger charge is -2.28. The summed E-state index contributed by atoms with van der Waals surface area (Å²) in [4.78, 5) is 30.7. The molecule has 0 saturated heterocycles. The van der Waals surface area contributed by atoms with Gasteiger partial charge in [-0.3, -0.25) is 5.32 Å². The van der Waals surface area contributed by atoms with E-state index in [1.54, 1.807) is 19.3 Å². The van der Waals surface area contributed by atoms with E-state index in [9.17, 15) is 14.0 Å². The Kier molecular flexibility index (Phi) is 9.00. The van der Waals surface area contributed by atoms with Crippen molar-refractivity contribution < 1.29 is 18.7 Å². The van der Waals surface area contributed by atoms with E-state index in [-0.39, 0.29) is 24.2 Å². The van der Waals surface area contributed by atoms with Crippen molar-refractivity contribution in [3.05, 3.63) is 71.1 Å². The number of carbonyl (C=O) groups is 2. The van der Waals surface area contributed by atoms with Crippen LogP contribution >= 0.6 is 11.6 Å². The zero-order chi connectivity index (χ0) is 24.5. The molecule has 1 heterocycles. The Morgan fingerprint density at radius 3 is 2.71 bits per heavy atom. The largest absolute Gasteiger partial charge is 0.447 e. The first-order valence-electron chi connectivity index (χ1n) is 10.8. The van der Waals surface area contributed by atoms with Crippen molar-refractivity contribution in [2.45, 2.75) is 25.4 Å². The fourth-order valence-corrected chi connectivity index (χ4v) is 3.57. The van der Waals surface area contributed by atoms with Gasteiger partial charge >= 0.3 is 12.1 Å². The highest BCUT2D eigenvalue weighted by Crippen LogP contribution is 2.18. The number of nitrogens with zero attached hydrogens (tertiary/aromatic N) is 2. The number of pyridine rings is 1. The molecule has 0 aliphatic heterocycles. The predicted octanol–water partition coefficient (Wildman–Crippen LogP) is 4.52. The molecule has 3 aromatic rings. The van der Waals surface area contributed by atoms with Crippen LogP contribution in [0.5, 0.6) is 0 Å². The van der Waals surface area contributed by atoms with Gasteiger partial charge in [-0.2, -0.15) is 0 Å². The number of nitrogens with one attached hydrogen (secondary N) is 2. The molecule has 0 aliphatic carbocycles. The van der Waals surface area contributed by atoms with E-state index in [1.807, 2.05) is 24.3 Å². The quantitative estimate of drug-likeness (QED) is 0.411. The number of hydrogen-bond donors (Lipinski definition) is 3. The van der Waals surface area contributed by atoms with Crippen LogP contribution in [0.4, 0.5) is 19.8 Å². The van der Waals surface area contributed by atoms with Crippen LogP contribution in [0.3, 0.4) is 0 Å². The van der Waals surface area contributed by atoms with Crippen molar-refractivity contribution in [3.8, 4) is 0 Å². The van der Waals surface area contributed by atoms with Crippen molar-refractivity contribution in [2.75, 3.05) is 25.5 Å². The highest BCUT2D eigenvalue weighted by molar-refractivity contribution is 6.31. The van der Waals surface area contributed by atoms with E-state index in [0.29, 0.717) is 30.8 Å². The molecular formula is C24H27ClFN5O3. The summed E-state index contributed by atoms with van der Waals surface area (Å²) in [6, 6.07) is 12.6. The van der Waals surface area contributed by atoms with Crippen LogP contribution < -0.4 is 16.4 Å². The Bertz CT molecular complexity index is 1150. The van der Waals surface area contributed by atoms with E-state index in [4.69, 9.17) is 22.1 Å². The first-order chi connectivity index (χ1) is 16.4. The van der Waals surface area contributed by atoms with E-state index in [2.05, 4.69) is 15.6 Å². The molecule has 0 spiro atoms. The van der Waals surface area contributed by atoms with Gasteiger partial charge in [-0.15, -0.1) is 0 Å². The van der Waals surface area contributed by atoms with Crippen LogP contribution in [0.15, 0.2) is 54.7 Å². The van der Waals surface area contributed by atoms with Gasteiger partial charge in [0.1, 0.15) is 18.2 Å². The number of rotatable bonds is 9. The Hall–Kier alpha value is -3.43. The molecule has 180 valence electrons. The van der Waals surface area contributed by atoms with Gasteiger partial charge in [0.2, 0.25) is 0 Å². The van der Waals surface area contributed by atoms with Gasteiger partial charge in [-0.25, -0.2) is 19.0 Å². The number of benzene rings is 2. The van der Waals surface area contributed by atoms with Crippen molar-refractivity contribution in [1.82, 2.24) is 15.2 Å². The van der Waals surface area contributed by atoms with Gasteiger partial charge in [-0.1, -0.05) is 41.9 Å². The van der Waals surface area contributed by atoms with E-state index >= 15 is 0 Å². The number of aromatic nitrogens is 1. The summed E-state index contributed by atoms with van der Waals surface area (Å²) in [7, 11) is 1.61. The monoisotopic (exact) mass is 487 g/mol. The molecule has 4 N–H and O–H groups in total. The van der Waals surface area contributed by atoms with Gasteiger partial charge in [0.15, 0.2) is 0 Å². The molecule has 0 fully saturated rings. The molecule has 3 amide bonds. The second kappa shape index (κ2) is 12.2. The number of likely N-dealkylation sites (N-methyl/N-ethyl adjacent to an activating group) is 1. The standard InChI is InChI=1S/C24H27ClFN5O3/c1-31(23(32)29-14-18-8-9-19(26)12-21(18)25)20(7-4-10-27)15-34-24(33)30-22-11-16-5-2-3-6-17(16)13-28-22/h2-3,5-6,8-9,11-13,20H,4,7,10,14-15,27H2,1H3,(H,29,32)(H,28,30,33)/t20-/m0/s1. The van der Waals surface area contributed by atoms with Gasteiger partial charge in [0.25, 0.3) is 0 Å². The summed E-state index contributed by atoms with van der Waals surface area (Å²) in [5.41, 5.74) is 6.21. The minimum atomic E-state index is -0.674. The minimum Gasteiger partial charge on any atom is -0.447 e. The third-order valence-electron chi connectivity index (χ3n) is 5.32. The maximum Gasteiger partial charge on any atom is 0.412 e. The average Bonchev–Trinajstić information content (AvgIpc) is 2.83. The number of anilines is 1. The number of hydrogen-bond acceptors (Lipinski definition) is 5. The third kappa shape index (κ3) is 7.03. The summed E-state index contributed by atoms with van der Waals surface area (Å²) < 4.78 is 18.6. The van der Waals surface area contributed by atoms with Crippen LogP contribution in [0.25, 0.3) is 10.8 Å². The summed E-state index contributed by atoms with van der Waals surface area (Å²) in [6.07, 6.45) is 2.18. The van der Waals surface area contributed by atoms with Crippen LogP contribution in [0.1, 0.15) is 18.4 Å². The van der Waals surface area contributed by atoms with Crippen molar-refractivity contribution in [2.24, 2.45) is 5.73 Å². The summed E-state index contributed by atoms with van der Waals surface area (Å²) >= 11 is 6.02. The Morgan fingerprint density at radius 2 is 1.97 bits per heavy atom. The highest BCUT2D eigenvalue weighted by atomic mass is 35.5. The Morgan fingerprint density at radius 1 is 1.21 bits per heavy atom. The Labute approximate surface area is 202 Å². The van der Waals surface area contributed by atoms with Crippen molar-refractivity contribution >= 4 is 40.3 Å². The van der Waals surface area contributed by atoms with Gasteiger partial charge < -0.3 is 20.7 Å². The van der Waals surface area contributed by atoms with Gasteiger partial charge in [0.05, 0.1) is 6.04 Å². The average molecular weight is 488 g/mol. The number of halogens is 2. The number of ether oxygens (including phenoxy) is 1. The summed E-state index contributed by atoms with van der Waals surface area (Å²) in [6.45, 7) is 0.534. The predicted molar refractivity (Wildman–Crippen MR) is 130 cm³/mol. The highest BCUT2D eigenvalue weighted by Gasteiger charge is 2.22. The maximum atomic E-state index is 13.2. The molecule has 0 aliphatic rings. The lowest BCUT2D eigenvalue weighted by Crippen LogP contribution is -2.46. The fourth-order valence-electron chi connectivity index (χ4n) is 3.33. The molecule has 3 rings (SSSR count). The molecular weight excluding hydrogens is 461 g/mol. The molecule has 1 aromatic heterocycles. The minimum absolute atomic E-state index is 0.0271. The lowest BCUT2D eigenvalue weighted by molar-refractivity contribution is 0.113. The summed E-state index contributed by atoms with van der Waals surface area (Å²) in [5.74, 6) is -0.0853. The molecule has 34 heavy (non-hydrogen) atoms. The van der Waals surface area contributed by atoms with E-state index in [0.717, 1.165) is 10.8 Å². The zero-order valence-electron chi connectivity index (χ0n) is 18.8. The third-order valence-corrected chi connectivity index (χ3v) is 5.67. The number of amides is 3. The molecule has 10 heteroatoms. The molecule has 1 atom stereocenters. The van der Waals surface area contributed by atoms with Crippen molar-refractivity contribution in [3.63, 3.8) is 0 Å². The number of urea groups is 1. The lowest BCUT2D eigenvalue weighted by atomic mass is 10.1. The normalized spacial score (nSPS) is 11.6. The van der Waals surface area contributed by atoms with Gasteiger partial charge in [-0.05, 0) is 48.5 Å². The van der Waals surface area contributed by atoms with E-state index < -0.39 is 18.0 Å². The zero-order valence-corrected chi connectivity index (χ0v) is 19.5. The van der Waals surface area contributed by atoms with Crippen LogP contribution in [0, 0.1) is 5.82 Å². The first kappa shape index (κ1) is 25.2. The van der Waals surface area contributed by atoms with Gasteiger partial charge in [0, 0.05) is 30.2 Å². The second-order valence-corrected chi connectivity index (χ2v) is 8.14. The maximum absolute atomic E-state index is 13.2. The van der Waals surface area contributed by atoms with Crippen molar-refractivity contribution in [1.29, 1.82) is 0 Å².